The second kappa shape index (κ2) is 19.5. The van der Waals surface area contributed by atoms with E-state index in [-0.39, 0.29) is 37.3 Å². The Morgan fingerprint density at radius 1 is 1.03 bits per heavy atom. The Hall–Kier alpha value is -1.77. The number of carbonyl (C=O) groups is 1. The fourth-order valence-electron chi connectivity index (χ4n) is 10.1. The lowest BCUT2D eigenvalue weighted by Crippen LogP contribution is -2.62. The van der Waals surface area contributed by atoms with Crippen molar-refractivity contribution in [3.8, 4) is 0 Å². The molecule has 5 N–H and O–H groups in total. The summed E-state index contributed by atoms with van der Waals surface area (Å²) in [6.07, 6.45) is -4.93. The monoisotopic (exact) mass is 824 g/mol. The van der Waals surface area contributed by atoms with Crippen LogP contribution in [0.3, 0.4) is 0 Å². The van der Waals surface area contributed by atoms with Crippen LogP contribution in [0.2, 0.25) is 0 Å². The zero-order valence-electron chi connectivity index (χ0n) is 37.2. The molecule has 4 rings (SSSR count). The predicted molar refractivity (Wildman–Crippen MR) is 217 cm³/mol. The van der Waals surface area contributed by atoms with Gasteiger partial charge in [0.25, 0.3) is 7.98 Å². The van der Waals surface area contributed by atoms with Gasteiger partial charge in [0.1, 0.15) is 30.0 Å². The number of aliphatic hydroxyl groups excluding tert-OH is 3. The van der Waals surface area contributed by atoms with Crippen LogP contribution in [0.4, 0.5) is 0 Å². The van der Waals surface area contributed by atoms with Gasteiger partial charge >= 0.3 is 5.97 Å². The zero-order chi connectivity index (χ0) is 43.7. The topological polar surface area (TPSA) is 202 Å². The van der Waals surface area contributed by atoms with Crippen molar-refractivity contribution in [1.29, 1.82) is 0 Å². The molecule has 1 unspecified atom stereocenters. The van der Waals surface area contributed by atoms with Gasteiger partial charge < -0.3 is 63.6 Å². The first-order chi connectivity index (χ1) is 26.9. The van der Waals surface area contributed by atoms with Crippen molar-refractivity contribution in [3.05, 3.63) is 11.9 Å². The molecule has 16 nitrogen and oxygen atoms in total. The molecule has 0 aliphatic carbocycles. The Morgan fingerprint density at radius 2 is 1.69 bits per heavy atom. The van der Waals surface area contributed by atoms with Gasteiger partial charge in [0.15, 0.2) is 6.29 Å². The molecule has 2 radical (unpaired) electrons. The summed E-state index contributed by atoms with van der Waals surface area (Å²) in [7, 11) is 11.0. The molecule has 0 aromatic carbocycles. The fourth-order valence-corrected chi connectivity index (χ4v) is 10.1. The number of aromatic nitrogens is 3. The number of esters is 1. The number of hydrogen-bond acceptors (Lipinski definition) is 15. The van der Waals surface area contributed by atoms with Crippen LogP contribution in [0, 0.1) is 23.7 Å². The van der Waals surface area contributed by atoms with Gasteiger partial charge in [0, 0.05) is 57.2 Å². The summed E-state index contributed by atoms with van der Waals surface area (Å²) in [6, 6.07) is -0.922. The van der Waals surface area contributed by atoms with Crippen molar-refractivity contribution in [2.24, 2.45) is 23.7 Å². The Balaban J connectivity index is 1.80. The lowest BCUT2D eigenvalue weighted by atomic mass is 9.68. The van der Waals surface area contributed by atoms with Gasteiger partial charge in [-0.25, -0.2) is 0 Å². The molecule has 0 bridgehead atoms. The molecule has 3 aliphatic heterocycles. The van der Waals surface area contributed by atoms with Crippen molar-refractivity contribution in [2.75, 3.05) is 34.3 Å². The highest BCUT2D eigenvalue weighted by Gasteiger charge is 2.55. The van der Waals surface area contributed by atoms with Crippen LogP contribution in [-0.2, 0) is 34.9 Å². The fraction of sp³-hybridized carbons (Fsp3) is 0.927. The molecule has 0 spiro atoms. The molecular weight excluding hydrogens is 749 g/mol. The first-order valence-corrected chi connectivity index (χ1v) is 21.2. The highest BCUT2D eigenvalue weighted by Crippen LogP contribution is 2.45. The standard InChI is InChI=1S/C41H74BN5O11/c1-14-31-41(10,53)34(49)26(6)46(12)20-22(2)18-39(8,52)36(24(4)32(25(5)37(51)57-31)30-19-40(9,54-13)35(50)27(7)56-30)58-38-33(48)29(17-23(3)55-38)45(11)16-15-28-21-47(42)44-43-28/h21-27,29-36,38,48-50,52-53H,14-20H2,1-13H3/t22-,23-,24+,25-,26-,27+,29+,30?,31-,32+,33-,34-,35+,36-,38+,39-,40-,41-/m1/s1. The van der Waals surface area contributed by atoms with E-state index < -0.39 is 95.6 Å². The molecule has 4 heterocycles. The lowest BCUT2D eigenvalue weighted by molar-refractivity contribution is -0.302. The molecule has 0 saturated carbocycles. The molecule has 18 atom stereocenters. The molecular formula is C41H74BN5O11. The van der Waals surface area contributed by atoms with Crippen molar-refractivity contribution in [3.63, 3.8) is 0 Å². The van der Waals surface area contributed by atoms with Crippen molar-refractivity contribution in [1.82, 2.24) is 24.7 Å². The third kappa shape index (κ3) is 10.8. The summed E-state index contributed by atoms with van der Waals surface area (Å²) in [4.78, 5) is 18.4. The molecule has 3 aliphatic rings. The normalized spacial score (nSPS) is 45.7. The summed E-state index contributed by atoms with van der Waals surface area (Å²) in [5, 5.41) is 67.3. The average molecular weight is 824 g/mol. The molecule has 3 saturated heterocycles. The minimum atomic E-state index is -1.80. The third-order valence-corrected chi connectivity index (χ3v) is 13.7. The number of carbonyl (C=O) groups excluding carboxylic acids is 1. The van der Waals surface area contributed by atoms with Crippen molar-refractivity contribution < 1.29 is 54.0 Å². The van der Waals surface area contributed by atoms with E-state index in [1.807, 2.05) is 58.5 Å². The molecule has 3 fully saturated rings. The van der Waals surface area contributed by atoms with Gasteiger partial charge in [-0.1, -0.05) is 32.9 Å². The second-order valence-electron chi connectivity index (χ2n) is 18.7. The van der Waals surface area contributed by atoms with Crippen LogP contribution in [-0.4, -0.2) is 182 Å². The Bertz CT molecular complexity index is 1470. The Morgan fingerprint density at radius 3 is 2.28 bits per heavy atom. The molecule has 1 aromatic heterocycles. The molecule has 332 valence electrons. The SMILES string of the molecule is [B]n1cc(CCN(C)[C@H]2C[C@@H](C)O[C@@H](O[C@@H]3[C@@H](C)[C@H](C4C[C@@](C)(OC)[C@@H](O)[C@H](C)O4)[C@@H](C)C(=O)O[C@H](CC)[C@@](C)(O)[C@H](O)[C@@H](C)N(C)C[C@H](C)C[C@@]3(C)O)[C@@H]2O)nn1. The average Bonchev–Trinajstić information content (AvgIpc) is 3.57. The van der Waals surface area contributed by atoms with Crippen LogP contribution < -0.4 is 0 Å². The number of ether oxygens (including phenoxy) is 5. The maximum atomic E-state index is 14.5. The van der Waals surface area contributed by atoms with E-state index >= 15 is 0 Å². The summed E-state index contributed by atoms with van der Waals surface area (Å²) >= 11 is 0. The Labute approximate surface area is 347 Å². The smallest absolute Gasteiger partial charge is 0.309 e. The Kier molecular flexibility index (Phi) is 16.5. The number of rotatable bonds is 9. The molecule has 0 amide bonds. The highest BCUT2D eigenvalue weighted by atomic mass is 16.7. The summed E-state index contributed by atoms with van der Waals surface area (Å²) in [5.74, 6) is -3.06. The van der Waals surface area contributed by atoms with Gasteiger partial charge in [-0.3, -0.25) is 4.79 Å². The number of likely N-dealkylation sites (N-methyl/N-ethyl adjacent to an activating group) is 2. The quantitative estimate of drug-likeness (QED) is 0.176. The summed E-state index contributed by atoms with van der Waals surface area (Å²) in [6.45, 7) is 18.9. The van der Waals surface area contributed by atoms with E-state index in [1.165, 1.54) is 14.0 Å². The minimum absolute atomic E-state index is 0.155. The molecule has 17 heteroatoms. The third-order valence-electron chi connectivity index (χ3n) is 13.7. The maximum absolute atomic E-state index is 14.5. The number of cyclic esters (lactones) is 1. The van der Waals surface area contributed by atoms with E-state index in [9.17, 15) is 30.3 Å². The summed E-state index contributed by atoms with van der Waals surface area (Å²) < 4.78 is 33.0. The number of nitrogens with zero attached hydrogens (tertiary/aromatic N) is 5. The molecule has 1 aromatic rings. The van der Waals surface area contributed by atoms with E-state index in [0.717, 1.165) is 4.59 Å². The van der Waals surface area contributed by atoms with Crippen LogP contribution in [0.15, 0.2) is 6.20 Å². The minimum Gasteiger partial charge on any atom is -0.459 e. The predicted octanol–water partition coefficient (Wildman–Crippen LogP) is 1.31. The van der Waals surface area contributed by atoms with Gasteiger partial charge in [-0.2, -0.15) is 0 Å². The molecule has 58 heavy (non-hydrogen) atoms. The van der Waals surface area contributed by atoms with E-state index in [0.29, 0.717) is 31.6 Å². The van der Waals surface area contributed by atoms with Crippen molar-refractivity contribution >= 4 is 14.0 Å². The van der Waals surface area contributed by atoms with Crippen LogP contribution in [0.1, 0.15) is 101 Å². The lowest BCUT2D eigenvalue weighted by Gasteiger charge is -2.51. The number of aliphatic hydroxyl groups is 5. The van der Waals surface area contributed by atoms with E-state index in [1.54, 1.807) is 33.9 Å². The van der Waals surface area contributed by atoms with Crippen LogP contribution in [0.5, 0.6) is 0 Å². The highest BCUT2D eigenvalue weighted by molar-refractivity contribution is 6.05. The van der Waals surface area contributed by atoms with E-state index in [2.05, 4.69) is 10.3 Å². The van der Waals surface area contributed by atoms with Gasteiger partial charge in [0.05, 0.1) is 47.2 Å². The van der Waals surface area contributed by atoms with Crippen LogP contribution in [0.25, 0.3) is 0 Å². The van der Waals surface area contributed by atoms with Gasteiger partial charge in [-0.15, -0.1) is 5.10 Å². The zero-order valence-corrected chi connectivity index (χ0v) is 37.2. The summed E-state index contributed by atoms with van der Waals surface area (Å²) in [5.41, 5.74) is -3.69. The second-order valence-corrected chi connectivity index (χ2v) is 18.7. The van der Waals surface area contributed by atoms with Gasteiger partial charge in [-0.05, 0) is 86.7 Å². The van der Waals surface area contributed by atoms with Gasteiger partial charge in [0.2, 0.25) is 0 Å². The first-order valence-electron chi connectivity index (χ1n) is 21.2. The largest absolute Gasteiger partial charge is 0.459 e. The number of hydrogen-bond donors (Lipinski definition) is 5. The number of methoxy groups -OCH3 is 1. The van der Waals surface area contributed by atoms with Crippen molar-refractivity contribution in [2.45, 2.75) is 185 Å². The van der Waals surface area contributed by atoms with E-state index in [4.69, 9.17) is 31.7 Å². The first kappa shape index (κ1) is 48.9. The maximum Gasteiger partial charge on any atom is 0.309 e. The van der Waals surface area contributed by atoms with Crippen LogP contribution >= 0.6 is 0 Å².